The maximum absolute atomic E-state index is 11.9. The lowest BCUT2D eigenvalue weighted by Gasteiger charge is -2.30. The number of rotatable bonds is 8. The fourth-order valence-corrected chi connectivity index (χ4v) is 5.09. The van der Waals surface area contributed by atoms with Crippen LogP contribution in [-0.4, -0.2) is 21.6 Å². The Labute approximate surface area is 179 Å². The third-order valence-corrected chi connectivity index (χ3v) is 6.60. The predicted octanol–water partition coefficient (Wildman–Crippen LogP) is 5.56. The molecule has 1 aromatic heterocycles. The van der Waals surface area contributed by atoms with Crippen LogP contribution in [0.4, 0.5) is 0 Å². The topological polar surface area (TPSA) is 85.3 Å². The first kappa shape index (κ1) is 22.1. The lowest BCUT2D eigenvalue weighted by molar-refractivity contribution is -0.118. The molecule has 5 heteroatoms. The first-order valence-electron chi connectivity index (χ1n) is 11.1. The molecule has 0 saturated heterocycles. The van der Waals surface area contributed by atoms with Gasteiger partial charge in [0.2, 0.25) is 5.91 Å². The molecule has 1 fully saturated rings. The van der Waals surface area contributed by atoms with Crippen LogP contribution in [0.15, 0.2) is 24.3 Å². The standard InChI is InChI=1S/C25H34N2O3/c1-16-9-11-21(17(2)13-16)23-15-22(25(29)30)18(3)27(23)20(10-12-24(26)28)14-19-7-5-4-6-8-19/h9,11,13,15,19-20H,4-8,10,12,14H2,1-3H3,(H2,26,28)(H,29,30). The molecule has 162 valence electrons. The molecule has 1 heterocycles. The van der Waals surface area contributed by atoms with Crippen LogP contribution in [0.25, 0.3) is 11.3 Å². The zero-order chi connectivity index (χ0) is 21.8. The van der Waals surface area contributed by atoms with Gasteiger partial charge in [0.15, 0.2) is 0 Å². The van der Waals surface area contributed by atoms with Crippen molar-refractivity contribution in [1.29, 1.82) is 0 Å². The Kier molecular flexibility index (Phi) is 7.01. The molecule has 1 amide bonds. The Balaban J connectivity index is 2.09. The molecule has 1 unspecified atom stereocenters. The van der Waals surface area contributed by atoms with Gasteiger partial charge in [-0.1, -0.05) is 55.9 Å². The molecule has 3 N–H and O–H groups in total. The monoisotopic (exact) mass is 410 g/mol. The molecule has 30 heavy (non-hydrogen) atoms. The van der Waals surface area contributed by atoms with Gasteiger partial charge in [-0.15, -0.1) is 0 Å². The van der Waals surface area contributed by atoms with Gasteiger partial charge in [0.1, 0.15) is 0 Å². The number of carbonyl (C=O) groups excluding carboxylic acids is 1. The minimum Gasteiger partial charge on any atom is -0.478 e. The number of carboxylic acid groups (broad SMARTS) is 1. The fraction of sp³-hybridized carbons (Fsp3) is 0.520. The lowest BCUT2D eigenvalue weighted by Crippen LogP contribution is -2.21. The van der Waals surface area contributed by atoms with E-state index in [-0.39, 0.29) is 11.9 Å². The van der Waals surface area contributed by atoms with E-state index in [1.807, 2.05) is 6.92 Å². The summed E-state index contributed by atoms with van der Waals surface area (Å²) in [6.45, 7) is 6.01. The molecule has 2 aromatic rings. The van der Waals surface area contributed by atoms with Crippen molar-refractivity contribution >= 4 is 11.9 Å². The molecule has 0 spiro atoms. The summed E-state index contributed by atoms with van der Waals surface area (Å²) in [4.78, 5) is 23.5. The maximum Gasteiger partial charge on any atom is 0.337 e. The molecule has 1 aromatic carbocycles. The summed E-state index contributed by atoms with van der Waals surface area (Å²) in [6.07, 6.45) is 8.12. The van der Waals surface area contributed by atoms with Gasteiger partial charge in [-0.3, -0.25) is 4.79 Å². The van der Waals surface area contributed by atoms with E-state index in [1.165, 1.54) is 37.7 Å². The first-order valence-corrected chi connectivity index (χ1v) is 11.1. The minimum atomic E-state index is -0.913. The van der Waals surface area contributed by atoms with Crippen LogP contribution < -0.4 is 5.73 Å². The van der Waals surface area contributed by atoms with Crippen molar-refractivity contribution in [1.82, 2.24) is 4.57 Å². The predicted molar refractivity (Wildman–Crippen MR) is 120 cm³/mol. The van der Waals surface area contributed by atoms with Crippen LogP contribution in [0.3, 0.4) is 0 Å². The van der Waals surface area contributed by atoms with Gasteiger partial charge in [-0.05, 0) is 51.2 Å². The molecule has 0 bridgehead atoms. The molecule has 1 aliphatic carbocycles. The van der Waals surface area contributed by atoms with E-state index in [4.69, 9.17) is 5.73 Å². The molecule has 1 saturated carbocycles. The quantitative estimate of drug-likeness (QED) is 0.598. The van der Waals surface area contributed by atoms with Crippen LogP contribution in [0.1, 0.15) is 84.6 Å². The summed E-state index contributed by atoms with van der Waals surface area (Å²) >= 11 is 0. The number of carboxylic acids is 1. The van der Waals surface area contributed by atoms with Gasteiger partial charge < -0.3 is 15.4 Å². The van der Waals surface area contributed by atoms with E-state index >= 15 is 0 Å². The van der Waals surface area contributed by atoms with E-state index in [2.05, 4.69) is 36.6 Å². The molecule has 3 rings (SSSR count). The molecule has 0 radical (unpaired) electrons. The van der Waals surface area contributed by atoms with Crippen molar-refractivity contribution in [2.24, 2.45) is 11.7 Å². The SMILES string of the molecule is Cc1ccc(-c2cc(C(=O)O)c(C)n2C(CCC(N)=O)CC2CCCCC2)c(C)c1. The number of aryl methyl sites for hydroxylation is 2. The van der Waals surface area contributed by atoms with Crippen molar-refractivity contribution in [3.05, 3.63) is 46.6 Å². The van der Waals surface area contributed by atoms with Crippen LogP contribution in [0.5, 0.6) is 0 Å². The largest absolute Gasteiger partial charge is 0.478 e. The third-order valence-electron chi connectivity index (χ3n) is 6.60. The molecule has 1 atom stereocenters. The number of nitrogens with zero attached hydrogens (tertiary/aromatic N) is 1. The normalized spacial score (nSPS) is 15.8. The Bertz CT molecular complexity index is 923. The summed E-state index contributed by atoms with van der Waals surface area (Å²) in [5.74, 6) is -0.609. The Morgan fingerprint density at radius 2 is 1.83 bits per heavy atom. The fourth-order valence-electron chi connectivity index (χ4n) is 5.09. The lowest BCUT2D eigenvalue weighted by atomic mass is 9.83. The zero-order valence-corrected chi connectivity index (χ0v) is 18.4. The van der Waals surface area contributed by atoms with Gasteiger partial charge in [-0.2, -0.15) is 0 Å². The maximum atomic E-state index is 11.9. The zero-order valence-electron chi connectivity index (χ0n) is 18.4. The Morgan fingerprint density at radius 1 is 1.13 bits per heavy atom. The Hall–Kier alpha value is -2.56. The third kappa shape index (κ3) is 4.94. The number of hydrogen-bond donors (Lipinski definition) is 2. The smallest absolute Gasteiger partial charge is 0.337 e. The molecule has 0 aliphatic heterocycles. The minimum absolute atomic E-state index is 0.0596. The number of hydrogen-bond acceptors (Lipinski definition) is 2. The van der Waals surface area contributed by atoms with Gasteiger partial charge >= 0.3 is 5.97 Å². The Morgan fingerprint density at radius 3 is 2.43 bits per heavy atom. The number of aromatic carboxylic acids is 1. The highest BCUT2D eigenvalue weighted by atomic mass is 16.4. The van der Waals surface area contributed by atoms with Crippen molar-refractivity contribution in [3.8, 4) is 11.3 Å². The summed E-state index contributed by atoms with van der Waals surface area (Å²) in [6, 6.07) is 8.13. The number of nitrogens with two attached hydrogens (primary N) is 1. The summed E-state index contributed by atoms with van der Waals surface area (Å²) < 4.78 is 2.18. The van der Waals surface area contributed by atoms with Crippen molar-refractivity contribution in [2.75, 3.05) is 0 Å². The molecular weight excluding hydrogens is 376 g/mol. The molecule has 5 nitrogen and oxygen atoms in total. The van der Waals surface area contributed by atoms with Crippen molar-refractivity contribution in [2.45, 2.75) is 78.2 Å². The highest BCUT2D eigenvalue weighted by molar-refractivity contribution is 5.91. The second-order valence-electron chi connectivity index (χ2n) is 8.92. The van der Waals surface area contributed by atoms with E-state index in [1.54, 1.807) is 6.07 Å². The van der Waals surface area contributed by atoms with Gasteiger partial charge in [0, 0.05) is 29.4 Å². The average Bonchev–Trinajstić information content (AvgIpc) is 3.03. The number of aromatic nitrogens is 1. The number of benzene rings is 1. The van der Waals surface area contributed by atoms with Crippen LogP contribution in [-0.2, 0) is 4.79 Å². The second-order valence-corrected chi connectivity index (χ2v) is 8.92. The van der Waals surface area contributed by atoms with Crippen LogP contribution in [0, 0.1) is 26.7 Å². The highest BCUT2D eigenvalue weighted by Gasteiger charge is 2.27. The second kappa shape index (κ2) is 9.50. The van der Waals surface area contributed by atoms with Crippen molar-refractivity contribution < 1.29 is 14.7 Å². The number of carbonyl (C=O) groups is 2. The number of amides is 1. The van der Waals surface area contributed by atoms with Crippen LogP contribution in [0.2, 0.25) is 0 Å². The number of primary amides is 1. The van der Waals surface area contributed by atoms with Gasteiger partial charge in [0.05, 0.1) is 5.56 Å². The van der Waals surface area contributed by atoms with E-state index in [9.17, 15) is 14.7 Å². The first-order chi connectivity index (χ1) is 14.3. The summed E-state index contributed by atoms with van der Waals surface area (Å²) in [7, 11) is 0. The van der Waals surface area contributed by atoms with E-state index < -0.39 is 5.97 Å². The van der Waals surface area contributed by atoms with Crippen molar-refractivity contribution in [3.63, 3.8) is 0 Å². The summed E-state index contributed by atoms with van der Waals surface area (Å²) in [5.41, 5.74) is 10.8. The average molecular weight is 411 g/mol. The van der Waals surface area contributed by atoms with Crippen LogP contribution >= 0.6 is 0 Å². The van der Waals surface area contributed by atoms with Gasteiger partial charge in [-0.25, -0.2) is 4.79 Å². The molecule has 1 aliphatic rings. The molecular formula is C25H34N2O3. The summed E-state index contributed by atoms with van der Waals surface area (Å²) in [5, 5.41) is 9.80. The highest BCUT2D eigenvalue weighted by Crippen LogP contribution is 2.38. The van der Waals surface area contributed by atoms with Gasteiger partial charge in [0.25, 0.3) is 0 Å². The van der Waals surface area contributed by atoms with E-state index in [0.29, 0.717) is 24.3 Å². The van der Waals surface area contributed by atoms with E-state index in [0.717, 1.165) is 28.9 Å².